The Bertz CT molecular complexity index is 1220. The number of ether oxygens (including phenoxy) is 1. The van der Waals surface area contributed by atoms with Gasteiger partial charge in [-0.25, -0.2) is 0 Å². The van der Waals surface area contributed by atoms with Gasteiger partial charge in [-0.3, -0.25) is 19.2 Å². The van der Waals surface area contributed by atoms with Gasteiger partial charge in [-0.2, -0.15) is 0 Å². The molecular weight excluding hydrogens is 456 g/mol. The molecule has 2 aromatic carbocycles. The molecule has 188 valence electrons. The Morgan fingerprint density at radius 3 is 2.31 bits per heavy atom. The Hall–Kier alpha value is -3.48. The highest BCUT2D eigenvalue weighted by Crippen LogP contribution is 2.37. The summed E-state index contributed by atoms with van der Waals surface area (Å²) in [5, 5.41) is 0. The van der Waals surface area contributed by atoms with Crippen LogP contribution >= 0.6 is 0 Å². The molecule has 0 aromatic heterocycles. The van der Waals surface area contributed by atoms with Crippen molar-refractivity contribution >= 4 is 34.9 Å². The quantitative estimate of drug-likeness (QED) is 0.467. The van der Waals surface area contributed by atoms with Gasteiger partial charge in [0.05, 0.1) is 11.8 Å². The lowest BCUT2D eigenvalue weighted by molar-refractivity contribution is -0.156. The van der Waals surface area contributed by atoms with E-state index in [0.29, 0.717) is 37.9 Å². The van der Waals surface area contributed by atoms with E-state index in [0.717, 1.165) is 41.8 Å². The molecule has 3 atom stereocenters. The van der Waals surface area contributed by atoms with Gasteiger partial charge >= 0.3 is 5.97 Å². The summed E-state index contributed by atoms with van der Waals surface area (Å²) in [6, 6.07) is 13.2. The molecule has 2 amide bonds. The number of amides is 2. The van der Waals surface area contributed by atoms with Gasteiger partial charge in [0.15, 0.2) is 6.10 Å². The molecule has 7 nitrogen and oxygen atoms in total. The van der Waals surface area contributed by atoms with Crippen LogP contribution in [0.3, 0.4) is 0 Å². The molecule has 7 heteroatoms. The van der Waals surface area contributed by atoms with E-state index in [1.165, 1.54) is 6.92 Å². The van der Waals surface area contributed by atoms with Gasteiger partial charge in [0, 0.05) is 37.0 Å². The zero-order valence-corrected chi connectivity index (χ0v) is 20.9. The molecule has 0 unspecified atom stereocenters. The maximum Gasteiger partial charge on any atom is 0.310 e. The molecule has 3 aliphatic rings. The first-order valence-electron chi connectivity index (χ1n) is 12.9. The number of carbonyl (C=O) groups is 4. The third-order valence-corrected chi connectivity index (χ3v) is 7.84. The predicted octanol–water partition coefficient (Wildman–Crippen LogP) is 4.11. The van der Waals surface area contributed by atoms with Crippen LogP contribution in [0.1, 0.15) is 61.0 Å². The van der Waals surface area contributed by atoms with Crippen LogP contribution in [0.15, 0.2) is 42.5 Å². The first-order chi connectivity index (χ1) is 17.3. The SMILES string of the molecule is CC(=O)N1CCc2cc(C(=O)[C@H](C)OC(=O)[C@H]3CCCC[C@H]3C(=O)N3CCc4ccccc43)ccc21. The van der Waals surface area contributed by atoms with E-state index in [4.69, 9.17) is 4.74 Å². The van der Waals surface area contributed by atoms with Crippen LogP contribution in [0.4, 0.5) is 11.4 Å². The van der Waals surface area contributed by atoms with Gasteiger partial charge in [-0.15, -0.1) is 0 Å². The number of anilines is 2. The average molecular weight is 489 g/mol. The number of hydrogen-bond donors (Lipinski definition) is 0. The first kappa shape index (κ1) is 24.2. The average Bonchev–Trinajstić information content (AvgIpc) is 3.52. The molecule has 0 saturated heterocycles. The minimum Gasteiger partial charge on any atom is -0.454 e. The number of esters is 1. The van der Waals surface area contributed by atoms with E-state index < -0.39 is 23.9 Å². The van der Waals surface area contributed by atoms with Crippen molar-refractivity contribution in [3.63, 3.8) is 0 Å². The zero-order valence-electron chi connectivity index (χ0n) is 20.9. The lowest BCUT2D eigenvalue weighted by Crippen LogP contribution is -2.43. The number of benzene rings is 2. The lowest BCUT2D eigenvalue weighted by atomic mass is 9.78. The third kappa shape index (κ3) is 4.43. The number of fused-ring (bicyclic) bond motifs is 2. The molecule has 2 aromatic rings. The highest BCUT2D eigenvalue weighted by molar-refractivity contribution is 6.03. The largest absolute Gasteiger partial charge is 0.454 e. The van der Waals surface area contributed by atoms with Crippen molar-refractivity contribution in [1.82, 2.24) is 0 Å². The maximum atomic E-state index is 13.5. The molecule has 36 heavy (non-hydrogen) atoms. The molecule has 0 spiro atoms. The summed E-state index contributed by atoms with van der Waals surface area (Å²) in [5.74, 6) is -1.76. The second-order valence-corrected chi connectivity index (χ2v) is 10.1. The predicted molar refractivity (Wildman–Crippen MR) is 136 cm³/mol. The zero-order chi connectivity index (χ0) is 25.4. The number of Topliss-reactive ketones (excluding diaryl/α,β-unsaturated/α-hetero) is 1. The van der Waals surface area contributed by atoms with Crippen molar-refractivity contribution in [2.75, 3.05) is 22.9 Å². The molecule has 2 heterocycles. The van der Waals surface area contributed by atoms with Gasteiger partial charge in [0.2, 0.25) is 17.6 Å². The first-order valence-corrected chi connectivity index (χ1v) is 12.9. The van der Waals surface area contributed by atoms with Crippen LogP contribution in [0, 0.1) is 11.8 Å². The molecule has 1 aliphatic carbocycles. The van der Waals surface area contributed by atoms with E-state index in [2.05, 4.69) is 0 Å². The fourth-order valence-electron chi connectivity index (χ4n) is 5.91. The van der Waals surface area contributed by atoms with Crippen LogP contribution in [-0.4, -0.2) is 42.8 Å². The minimum absolute atomic E-state index is 0.0192. The molecule has 0 bridgehead atoms. The normalized spacial score (nSPS) is 21.5. The lowest BCUT2D eigenvalue weighted by Gasteiger charge is -2.32. The van der Waals surface area contributed by atoms with Crippen molar-refractivity contribution in [3.05, 3.63) is 59.2 Å². The van der Waals surface area contributed by atoms with Gasteiger partial charge < -0.3 is 14.5 Å². The topological polar surface area (TPSA) is 84.0 Å². The Balaban J connectivity index is 1.27. The van der Waals surface area contributed by atoms with Gasteiger partial charge in [-0.05, 0) is 68.0 Å². The summed E-state index contributed by atoms with van der Waals surface area (Å²) in [6.07, 6.45) is 3.56. The van der Waals surface area contributed by atoms with E-state index in [1.807, 2.05) is 29.2 Å². The second kappa shape index (κ2) is 9.88. The van der Waals surface area contributed by atoms with E-state index >= 15 is 0 Å². The summed E-state index contributed by atoms with van der Waals surface area (Å²) in [5.41, 5.74) is 4.32. The number of hydrogen-bond acceptors (Lipinski definition) is 5. The van der Waals surface area contributed by atoms with E-state index in [9.17, 15) is 19.2 Å². The molecule has 5 rings (SSSR count). The van der Waals surface area contributed by atoms with Crippen LogP contribution < -0.4 is 9.80 Å². The van der Waals surface area contributed by atoms with Crippen LogP contribution in [0.2, 0.25) is 0 Å². The number of nitrogens with zero attached hydrogens (tertiary/aromatic N) is 2. The molecule has 0 radical (unpaired) electrons. The van der Waals surface area contributed by atoms with E-state index in [-0.39, 0.29) is 17.6 Å². The molecule has 2 aliphatic heterocycles. The van der Waals surface area contributed by atoms with E-state index in [1.54, 1.807) is 30.0 Å². The van der Waals surface area contributed by atoms with Crippen LogP contribution in [0.5, 0.6) is 0 Å². The maximum absolute atomic E-state index is 13.5. The Morgan fingerprint density at radius 2 is 1.53 bits per heavy atom. The van der Waals surface area contributed by atoms with Crippen molar-refractivity contribution in [2.45, 2.75) is 58.5 Å². The van der Waals surface area contributed by atoms with Gasteiger partial charge in [-0.1, -0.05) is 31.0 Å². The highest BCUT2D eigenvalue weighted by atomic mass is 16.5. The second-order valence-electron chi connectivity index (χ2n) is 10.1. The number of ketones is 1. The number of rotatable bonds is 5. The van der Waals surface area contributed by atoms with Gasteiger partial charge in [0.25, 0.3) is 0 Å². The molecule has 0 N–H and O–H groups in total. The Labute approximate surface area is 211 Å². The summed E-state index contributed by atoms with van der Waals surface area (Å²) in [4.78, 5) is 55.2. The summed E-state index contributed by atoms with van der Waals surface area (Å²) in [7, 11) is 0. The Morgan fingerprint density at radius 1 is 0.861 bits per heavy atom. The fourth-order valence-corrected chi connectivity index (χ4v) is 5.91. The summed E-state index contributed by atoms with van der Waals surface area (Å²) in [6.45, 7) is 4.35. The van der Waals surface area contributed by atoms with Crippen molar-refractivity contribution < 1.29 is 23.9 Å². The number of carbonyl (C=O) groups excluding carboxylic acids is 4. The smallest absolute Gasteiger partial charge is 0.310 e. The standard InChI is InChI=1S/C29H32N2O5/c1-18(27(33)22-11-12-26-21(17-22)14-15-30(26)19(2)32)36-29(35)24-9-5-4-8-23(24)28(34)31-16-13-20-7-3-6-10-25(20)31/h3,6-7,10-12,17-18,23-24H,4-5,8-9,13-16H2,1-2H3/t18-,23+,24-/m0/s1. The van der Waals surface area contributed by atoms with Crippen molar-refractivity contribution in [1.29, 1.82) is 0 Å². The highest BCUT2D eigenvalue weighted by Gasteiger charge is 2.41. The molecule has 1 saturated carbocycles. The summed E-state index contributed by atoms with van der Waals surface area (Å²) >= 11 is 0. The van der Waals surface area contributed by atoms with Crippen molar-refractivity contribution in [2.24, 2.45) is 11.8 Å². The van der Waals surface area contributed by atoms with Crippen LogP contribution in [0.25, 0.3) is 0 Å². The monoisotopic (exact) mass is 488 g/mol. The Kier molecular flexibility index (Phi) is 6.65. The summed E-state index contributed by atoms with van der Waals surface area (Å²) < 4.78 is 5.67. The van der Waals surface area contributed by atoms with Crippen molar-refractivity contribution in [3.8, 4) is 0 Å². The molecular formula is C29H32N2O5. The minimum atomic E-state index is -0.953. The fraction of sp³-hybridized carbons (Fsp3) is 0.448. The van der Waals surface area contributed by atoms with Crippen LogP contribution in [-0.2, 0) is 32.0 Å². The third-order valence-electron chi connectivity index (χ3n) is 7.84. The number of para-hydroxylation sites is 1. The van der Waals surface area contributed by atoms with Gasteiger partial charge in [0.1, 0.15) is 0 Å². The molecule has 1 fully saturated rings.